The lowest BCUT2D eigenvalue weighted by atomic mass is 10.1. The second-order valence-electron chi connectivity index (χ2n) is 4.76. The van der Waals surface area contributed by atoms with Gasteiger partial charge in [-0.2, -0.15) is 4.31 Å². The summed E-state index contributed by atoms with van der Waals surface area (Å²) in [7, 11) is -3.45. The van der Waals surface area contributed by atoms with Crippen molar-refractivity contribution < 1.29 is 13.2 Å². The zero-order valence-electron chi connectivity index (χ0n) is 11.9. The SMILES string of the molecule is CCN(CC)S(=O)(=O)c1ccc(C(=O)N2CCC2)cc1. The molecule has 0 aliphatic carbocycles. The van der Waals surface area contributed by atoms with Crippen LogP contribution in [0, 0.1) is 0 Å². The quantitative estimate of drug-likeness (QED) is 0.828. The lowest BCUT2D eigenvalue weighted by Gasteiger charge is -2.30. The van der Waals surface area contributed by atoms with Crippen molar-refractivity contribution in [2.45, 2.75) is 25.2 Å². The molecule has 1 saturated heterocycles. The van der Waals surface area contributed by atoms with Crippen molar-refractivity contribution in [3.63, 3.8) is 0 Å². The number of benzene rings is 1. The van der Waals surface area contributed by atoms with Gasteiger partial charge in [-0.15, -0.1) is 0 Å². The highest BCUT2D eigenvalue weighted by Gasteiger charge is 2.24. The molecule has 1 aliphatic heterocycles. The van der Waals surface area contributed by atoms with Crippen LogP contribution < -0.4 is 0 Å². The van der Waals surface area contributed by atoms with Gasteiger partial charge in [-0.1, -0.05) is 13.8 Å². The summed E-state index contributed by atoms with van der Waals surface area (Å²) >= 11 is 0. The van der Waals surface area contributed by atoms with Crippen LogP contribution in [0.2, 0.25) is 0 Å². The zero-order chi connectivity index (χ0) is 14.8. The molecule has 0 N–H and O–H groups in total. The van der Waals surface area contributed by atoms with Gasteiger partial charge in [0, 0.05) is 31.7 Å². The van der Waals surface area contributed by atoms with E-state index in [4.69, 9.17) is 0 Å². The normalized spacial score (nSPS) is 15.2. The third-order valence-electron chi connectivity index (χ3n) is 3.59. The molecule has 1 amide bonds. The number of rotatable bonds is 5. The molecule has 110 valence electrons. The third-order valence-corrected chi connectivity index (χ3v) is 5.65. The Balaban J connectivity index is 2.21. The van der Waals surface area contributed by atoms with Crippen LogP contribution in [-0.4, -0.2) is 49.7 Å². The molecule has 0 atom stereocenters. The second-order valence-corrected chi connectivity index (χ2v) is 6.70. The summed E-state index contributed by atoms with van der Waals surface area (Å²) in [6.45, 7) is 6.07. The van der Waals surface area contributed by atoms with E-state index < -0.39 is 10.0 Å². The topological polar surface area (TPSA) is 57.7 Å². The lowest BCUT2D eigenvalue weighted by Crippen LogP contribution is -2.42. The number of hydrogen-bond donors (Lipinski definition) is 0. The van der Waals surface area contributed by atoms with Crippen LogP contribution in [0.1, 0.15) is 30.6 Å². The monoisotopic (exact) mass is 296 g/mol. The second kappa shape index (κ2) is 5.93. The van der Waals surface area contributed by atoms with E-state index >= 15 is 0 Å². The van der Waals surface area contributed by atoms with Gasteiger partial charge in [0.15, 0.2) is 0 Å². The first kappa shape index (κ1) is 15.0. The molecule has 1 aliphatic rings. The van der Waals surface area contributed by atoms with Gasteiger partial charge in [0.25, 0.3) is 5.91 Å². The van der Waals surface area contributed by atoms with Gasteiger partial charge in [-0.25, -0.2) is 8.42 Å². The smallest absolute Gasteiger partial charge is 0.253 e. The molecule has 0 unspecified atom stereocenters. The Morgan fingerprint density at radius 2 is 1.70 bits per heavy atom. The van der Waals surface area contributed by atoms with Crippen molar-refractivity contribution in [3.8, 4) is 0 Å². The summed E-state index contributed by atoms with van der Waals surface area (Å²) in [5.41, 5.74) is 0.545. The van der Waals surface area contributed by atoms with Gasteiger partial charge in [-0.05, 0) is 30.7 Å². The first-order chi connectivity index (χ1) is 9.50. The van der Waals surface area contributed by atoms with E-state index in [2.05, 4.69) is 0 Å². The van der Waals surface area contributed by atoms with Gasteiger partial charge in [0.2, 0.25) is 10.0 Å². The van der Waals surface area contributed by atoms with E-state index in [9.17, 15) is 13.2 Å². The average Bonchev–Trinajstić information content (AvgIpc) is 2.38. The number of amides is 1. The number of nitrogens with zero attached hydrogens (tertiary/aromatic N) is 2. The molecule has 1 heterocycles. The van der Waals surface area contributed by atoms with Crippen molar-refractivity contribution in [1.29, 1.82) is 0 Å². The standard InChI is InChI=1S/C14H20N2O3S/c1-3-16(4-2)20(18,19)13-8-6-12(7-9-13)14(17)15-10-5-11-15/h6-9H,3-5,10-11H2,1-2H3. The van der Waals surface area contributed by atoms with Crippen LogP contribution in [0.25, 0.3) is 0 Å². The fourth-order valence-electron chi connectivity index (χ4n) is 2.18. The summed E-state index contributed by atoms with van der Waals surface area (Å²) in [6, 6.07) is 6.22. The molecular weight excluding hydrogens is 276 g/mol. The largest absolute Gasteiger partial charge is 0.339 e. The average molecular weight is 296 g/mol. The van der Waals surface area contributed by atoms with Crippen LogP contribution in [0.4, 0.5) is 0 Å². The molecule has 0 bridgehead atoms. The van der Waals surface area contributed by atoms with E-state index in [1.54, 1.807) is 17.0 Å². The van der Waals surface area contributed by atoms with E-state index in [-0.39, 0.29) is 10.8 Å². The molecule has 20 heavy (non-hydrogen) atoms. The van der Waals surface area contributed by atoms with Crippen LogP contribution in [0.3, 0.4) is 0 Å². The molecule has 0 spiro atoms. The Bertz CT molecular complexity index is 573. The van der Waals surface area contributed by atoms with Gasteiger partial charge in [-0.3, -0.25) is 4.79 Å². The lowest BCUT2D eigenvalue weighted by molar-refractivity contribution is 0.0651. The third kappa shape index (κ3) is 2.71. The highest BCUT2D eigenvalue weighted by molar-refractivity contribution is 7.89. The van der Waals surface area contributed by atoms with Gasteiger partial charge in [0.05, 0.1) is 4.90 Å². The summed E-state index contributed by atoms with van der Waals surface area (Å²) in [4.78, 5) is 14.0. The van der Waals surface area contributed by atoms with E-state index in [0.717, 1.165) is 19.5 Å². The summed E-state index contributed by atoms with van der Waals surface area (Å²) < 4.78 is 26.0. The van der Waals surface area contributed by atoms with Gasteiger partial charge in [0.1, 0.15) is 0 Å². The van der Waals surface area contributed by atoms with Crippen LogP contribution in [0.5, 0.6) is 0 Å². The van der Waals surface area contributed by atoms with Crippen molar-refractivity contribution in [2.24, 2.45) is 0 Å². The number of carbonyl (C=O) groups excluding carboxylic acids is 1. The minimum atomic E-state index is -3.45. The summed E-state index contributed by atoms with van der Waals surface area (Å²) in [6.07, 6.45) is 1.04. The molecule has 0 radical (unpaired) electrons. The molecule has 5 nitrogen and oxygen atoms in total. The fraction of sp³-hybridized carbons (Fsp3) is 0.500. The Labute approximate surface area is 120 Å². The first-order valence-corrected chi connectivity index (χ1v) is 8.34. The Morgan fingerprint density at radius 1 is 1.15 bits per heavy atom. The molecule has 1 aromatic rings. The van der Waals surface area contributed by atoms with Crippen molar-refractivity contribution in [2.75, 3.05) is 26.2 Å². The molecular formula is C14H20N2O3S. The maximum Gasteiger partial charge on any atom is 0.253 e. The number of likely N-dealkylation sites (tertiary alicyclic amines) is 1. The molecule has 1 aromatic carbocycles. The minimum absolute atomic E-state index is 0.0250. The number of hydrogen-bond acceptors (Lipinski definition) is 3. The maximum atomic E-state index is 12.3. The molecule has 1 fully saturated rings. The van der Waals surface area contributed by atoms with E-state index in [1.807, 2.05) is 13.8 Å². The Hall–Kier alpha value is -1.40. The highest BCUT2D eigenvalue weighted by Crippen LogP contribution is 2.18. The van der Waals surface area contributed by atoms with E-state index in [0.29, 0.717) is 18.7 Å². The number of sulfonamides is 1. The van der Waals surface area contributed by atoms with Crippen LogP contribution in [-0.2, 0) is 10.0 Å². The fourth-order valence-corrected chi connectivity index (χ4v) is 3.64. The minimum Gasteiger partial charge on any atom is -0.339 e. The van der Waals surface area contributed by atoms with Gasteiger partial charge < -0.3 is 4.90 Å². The molecule has 6 heteroatoms. The zero-order valence-corrected chi connectivity index (χ0v) is 12.7. The van der Waals surface area contributed by atoms with Crippen molar-refractivity contribution in [1.82, 2.24) is 9.21 Å². The molecule has 2 rings (SSSR count). The Morgan fingerprint density at radius 3 is 2.10 bits per heavy atom. The van der Waals surface area contributed by atoms with Gasteiger partial charge >= 0.3 is 0 Å². The van der Waals surface area contributed by atoms with Crippen LogP contribution in [0.15, 0.2) is 29.2 Å². The van der Waals surface area contributed by atoms with E-state index in [1.165, 1.54) is 16.4 Å². The Kier molecular flexibility index (Phi) is 4.45. The summed E-state index contributed by atoms with van der Waals surface area (Å²) in [5, 5.41) is 0. The molecule has 0 aromatic heterocycles. The predicted octanol–water partition coefficient (Wildman–Crippen LogP) is 1.56. The number of carbonyl (C=O) groups is 1. The van der Waals surface area contributed by atoms with Crippen molar-refractivity contribution >= 4 is 15.9 Å². The van der Waals surface area contributed by atoms with Crippen molar-refractivity contribution in [3.05, 3.63) is 29.8 Å². The summed E-state index contributed by atoms with van der Waals surface area (Å²) in [5.74, 6) is -0.0250. The molecule has 0 saturated carbocycles. The van der Waals surface area contributed by atoms with Crippen LogP contribution >= 0.6 is 0 Å². The maximum absolute atomic E-state index is 12.3. The predicted molar refractivity (Wildman–Crippen MR) is 77.1 cm³/mol. The first-order valence-electron chi connectivity index (χ1n) is 6.90. The highest BCUT2D eigenvalue weighted by atomic mass is 32.2.